The molecule has 1 heterocycles. The molecule has 0 bridgehead atoms. The minimum atomic E-state index is -0.661. The van der Waals surface area contributed by atoms with Gasteiger partial charge in [-0.1, -0.05) is 12.8 Å². The number of rotatable bonds is 5. The fourth-order valence-corrected chi connectivity index (χ4v) is 3.26. The summed E-state index contributed by atoms with van der Waals surface area (Å²) in [6.45, 7) is 3.46. The van der Waals surface area contributed by atoms with Gasteiger partial charge in [0.2, 0.25) is 0 Å². The Morgan fingerprint density at radius 2 is 1.90 bits per heavy atom. The van der Waals surface area contributed by atoms with Gasteiger partial charge in [0.05, 0.1) is 5.60 Å². The maximum Gasteiger partial charge on any atom is 0.314 e. The molecular weight excluding hydrogens is 254 g/mol. The van der Waals surface area contributed by atoms with Crippen LogP contribution in [-0.2, 0) is 0 Å². The van der Waals surface area contributed by atoms with E-state index in [1.165, 1.54) is 25.9 Å². The minimum Gasteiger partial charge on any atom is -0.388 e. The van der Waals surface area contributed by atoms with Gasteiger partial charge in [0.25, 0.3) is 0 Å². The van der Waals surface area contributed by atoms with Crippen LogP contribution >= 0.6 is 0 Å². The van der Waals surface area contributed by atoms with Crippen LogP contribution in [0.5, 0.6) is 0 Å². The van der Waals surface area contributed by atoms with E-state index >= 15 is 0 Å². The second-order valence-corrected chi connectivity index (χ2v) is 6.58. The average molecular weight is 283 g/mol. The highest BCUT2D eigenvalue weighted by molar-refractivity contribution is 5.73. The molecule has 0 unspecified atom stereocenters. The van der Waals surface area contributed by atoms with Gasteiger partial charge < -0.3 is 20.6 Å². The van der Waals surface area contributed by atoms with E-state index in [1.807, 2.05) is 0 Å². The number of piperidine rings is 1. The molecule has 1 aliphatic carbocycles. The Bertz CT molecular complexity index is 308. The molecule has 0 spiro atoms. The van der Waals surface area contributed by atoms with Crippen LogP contribution in [0.25, 0.3) is 0 Å². The van der Waals surface area contributed by atoms with Crippen molar-refractivity contribution in [3.8, 4) is 0 Å². The van der Waals surface area contributed by atoms with Gasteiger partial charge in [-0.05, 0) is 58.2 Å². The first-order valence-corrected chi connectivity index (χ1v) is 8.00. The van der Waals surface area contributed by atoms with Crippen LogP contribution in [0.1, 0.15) is 44.9 Å². The van der Waals surface area contributed by atoms with Crippen LogP contribution in [0.4, 0.5) is 4.79 Å². The third-order valence-electron chi connectivity index (χ3n) is 4.79. The summed E-state index contributed by atoms with van der Waals surface area (Å²) in [5.74, 6) is 0.741. The molecular formula is C15H29N3O2. The monoisotopic (exact) mass is 283 g/mol. The lowest BCUT2D eigenvalue weighted by molar-refractivity contribution is 0.0501. The van der Waals surface area contributed by atoms with Crippen molar-refractivity contribution in [1.82, 2.24) is 15.5 Å². The maximum atomic E-state index is 11.7. The quantitative estimate of drug-likeness (QED) is 0.713. The standard InChI is InChI=1S/C15H29N3O2/c1-18-10-5-13(6-11-18)4-9-16-14(19)17-12-15(20)7-2-3-8-15/h13,20H,2-12H2,1H3,(H2,16,17,19). The molecule has 2 rings (SSSR count). The molecule has 3 N–H and O–H groups in total. The highest BCUT2D eigenvalue weighted by Gasteiger charge is 2.31. The fourth-order valence-electron chi connectivity index (χ4n) is 3.26. The number of aliphatic hydroxyl groups is 1. The second kappa shape index (κ2) is 7.27. The van der Waals surface area contributed by atoms with Crippen molar-refractivity contribution in [1.29, 1.82) is 0 Å². The van der Waals surface area contributed by atoms with Gasteiger partial charge in [0.15, 0.2) is 0 Å². The number of hydrogen-bond acceptors (Lipinski definition) is 3. The molecule has 2 aliphatic rings. The summed E-state index contributed by atoms with van der Waals surface area (Å²) < 4.78 is 0. The molecule has 0 radical (unpaired) electrons. The molecule has 20 heavy (non-hydrogen) atoms. The third-order valence-corrected chi connectivity index (χ3v) is 4.79. The Morgan fingerprint density at radius 1 is 1.25 bits per heavy atom. The first kappa shape index (κ1) is 15.6. The number of nitrogens with one attached hydrogen (secondary N) is 2. The van der Waals surface area contributed by atoms with Gasteiger partial charge in [0, 0.05) is 13.1 Å². The summed E-state index contributed by atoms with van der Waals surface area (Å²) >= 11 is 0. The zero-order valence-electron chi connectivity index (χ0n) is 12.7. The van der Waals surface area contributed by atoms with Crippen molar-refractivity contribution in [3.05, 3.63) is 0 Å². The van der Waals surface area contributed by atoms with E-state index in [4.69, 9.17) is 0 Å². The summed E-state index contributed by atoms with van der Waals surface area (Å²) in [5.41, 5.74) is -0.661. The predicted octanol–water partition coefficient (Wildman–Crippen LogP) is 1.32. The SMILES string of the molecule is CN1CCC(CCNC(=O)NCC2(O)CCCC2)CC1. The van der Waals surface area contributed by atoms with Crippen LogP contribution in [0.3, 0.4) is 0 Å². The number of nitrogens with zero attached hydrogens (tertiary/aromatic N) is 1. The van der Waals surface area contributed by atoms with E-state index < -0.39 is 5.60 Å². The Kier molecular flexibility index (Phi) is 5.66. The molecule has 0 aromatic carbocycles. The summed E-state index contributed by atoms with van der Waals surface area (Å²) in [6, 6.07) is -0.141. The van der Waals surface area contributed by atoms with Crippen LogP contribution < -0.4 is 10.6 Å². The fraction of sp³-hybridized carbons (Fsp3) is 0.933. The normalized spacial score (nSPS) is 23.7. The highest BCUT2D eigenvalue weighted by Crippen LogP contribution is 2.28. The lowest BCUT2D eigenvalue weighted by Crippen LogP contribution is -2.45. The van der Waals surface area contributed by atoms with E-state index in [0.717, 1.165) is 44.6 Å². The van der Waals surface area contributed by atoms with Crippen molar-refractivity contribution in [2.75, 3.05) is 33.2 Å². The van der Waals surface area contributed by atoms with E-state index in [0.29, 0.717) is 6.54 Å². The molecule has 0 aromatic heterocycles. The second-order valence-electron chi connectivity index (χ2n) is 6.58. The topological polar surface area (TPSA) is 64.6 Å². The summed E-state index contributed by atoms with van der Waals surface area (Å²) in [4.78, 5) is 14.1. The Labute approximate surface area is 122 Å². The molecule has 1 saturated carbocycles. The van der Waals surface area contributed by atoms with Crippen LogP contribution in [-0.4, -0.2) is 54.9 Å². The summed E-state index contributed by atoms with van der Waals surface area (Å²) in [5, 5.41) is 15.9. The number of carbonyl (C=O) groups excluding carboxylic acids is 1. The Morgan fingerprint density at radius 3 is 2.55 bits per heavy atom. The van der Waals surface area contributed by atoms with Gasteiger partial charge in [-0.25, -0.2) is 4.79 Å². The van der Waals surface area contributed by atoms with E-state index in [2.05, 4.69) is 22.6 Å². The van der Waals surface area contributed by atoms with Gasteiger partial charge in [-0.2, -0.15) is 0 Å². The number of amides is 2. The van der Waals surface area contributed by atoms with E-state index in [-0.39, 0.29) is 6.03 Å². The smallest absolute Gasteiger partial charge is 0.314 e. The number of urea groups is 1. The Hall–Kier alpha value is -0.810. The van der Waals surface area contributed by atoms with Gasteiger partial charge >= 0.3 is 6.03 Å². The summed E-state index contributed by atoms with van der Waals surface area (Å²) in [6.07, 6.45) is 7.28. The van der Waals surface area contributed by atoms with Crippen molar-refractivity contribution in [3.63, 3.8) is 0 Å². The number of likely N-dealkylation sites (tertiary alicyclic amines) is 1. The Balaban J connectivity index is 1.54. The van der Waals surface area contributed by atoms with Crippen LogP contribution in [0.2, 0.25) is 0 Å². The molecule has 2 amide bonds. The predicted molar refractivity (Wildman–Crippen MR) is 79.7 cm³/mol. The average Bonchev–Trinajstić information content (AvgIpc) is 2.86. The third kappa shape index (κ3) is 4.94. The lowest BCUT2D eigenvalue weighted by atomic mass is 9.94. The largest absolute Gasteiger partial charge is 0.388 e. The van der Waals surface area contributed by atoms with Crippen LogP contribution in [0, 0.1) is 5.92 Å². The van der Waals surface area contributed by atoms with Crippen molar-refractivity contribution >= 4 is 6.03 Å². The van der Waals surface area contributed by atoms with Gasteiger partial charge in [0.1, 0.15) is 0 Å². The molecule has 0 atom stereocenters. The van der Waals surface area contributed by atoms with Crippen molar-refractivity contribution in [2.24, 2.45) is 5.92 Å². The lowest BCUT2D eigenvalue weighted by Gasteiger charge is -2.29. The zero-order chi connectivity index (χ0) is 14.4. The molecule has 2 fully saturated rings. The molecule has 5 heteroatoms. The molecule has 1 aliphatic heterocycles. The van der Waals surface area contributed by atoms with Crippen molar-refractivity contribution < 1.29 is 9.90 Å². The van der Waals surface area contributed by atoms with Crippen LogP contribution in [0.15, 0.2) is 0 Å². The molecule has 1 saturated heterocycles. The van der Waals surface area contributed by atoms with Gasteiger partial charge in [-0.3, -0.25) is 0 Å². The van der Waals surface area contributed by atoms with E-state index in [9.17, 15) is 9.90 Å². The highest BCUT2D eigenvalue weighted by atomic mass is 16.3. The number of hydrogen-bond donors (Lipinski definition) is 3. The zero-order valence-corrected chi connectivity index (χ0v) is 12.7. The molecule has 5 nitrogen and oxygen atoms in total. The first-order chi connectivity index (χ1) is 9.57. The van der Waals surface area contributed by atoms with Crippen molar-refractivity contribution in [2.45, 2.75) is 50.5 Å². The molecule has 116 valence electrons. The minimum absolute atomic E-state index is 0.141. The van der Waals surface area contributed by atoms with Gasteiger partial charge in [-0.15, -0.1) is 0 Å². The summed E-state index contributed by atoms with van der Waals surface area (Å²) in [7, 11) is 2.16. The first-order valence-electron chi connectivity index (χ1n) is 8.00. The maximum absolute atomic E-state index is 11.7. The number of carbonyl (C=O) groups is 1. The molecule has 0 aromatic rings. The van der Waals surface area contributed by atoms with E-state index in [1.54, 1.807) is 0 Å².